The minimum Gasteiger partial charge on any atom is -0.463 e. The minimum absolute atomic E-state index is 0. The van der Waals surface area contributed by atoms with Crippen molar-refractivity contribution in [1.29, 1.82) is 0 Å². The molecule has 0 spiro atoms. The van der Waals surface area contributed by atoms with Gasteiger partial charge in [0.25, 0.3) is 0 Å². The molecule has 0 aliphatic heterocycles. The SMILES string of the molecule is CCOC(=O)C1=CC(OC(CC)CC)[C@H](NC(C)=O)[C@@H](N)C1.O=P(=O)OO.[HH]. The molecule has 1 rings (SSSR count). The maximum absolute atomic E-state index is 12.0. The molecule has 27 heavy (non-hydrogen) atoms. The van der Waals surface area contributed by atoms with Crippen molar-refractivity contribution in [3.8, 4) is 0 Å². The molecular weight excluding hydrogens is 379 g/mol. The van der Waals surface area contributed by atoms with Crippen LogP contribution in [0.25, 0.3) is 0 Å². The smallest absolute Gasteiger partial charge is 0.463 e. The van der Waals surface area contributed by atoms with Crippen molar-refractivity contribution in [1.82, 2.24) is 5.32 Å². The molecule has 158 valence electrons. The van der Waals surface area contributed by atoms with E-state index < -0.39 is 14.0 Å². The van der Waals surface area contributed by atoms with Gasteiger partial charge in [0.05, 0.1) is 24.9 Å². The second-order valence-electron chi connectivity index (χ2n) is 5.85. The summed E-state index contributed by atoms with van der Waals surface area (Å²) in [6.45, 7) is 7.62. The molecule has 3 atom stereocenters. The Labute approximate surface area is 160 Å². The lowest BCUT2D eigenvalue weighted by Crippen LogP contribution is -2.57. The van der Waals surface area contributed by atoms with Crippen molar-refractivity contribution >= 4 is 19.8 Å². The number of carbonyl (C=O) groups is 2. The number of hydrogen-bond donors (Lipinski definition) is 3. The highest BCUT2D eigenvalue weighted by atomic mass is 31.1. The van der Waals surface area contributed by atoms with E-state index in [1.807, 2.05) is 13.8 Å². The Balaban J connectivity index is 0. The number of rotatable bonds is 8. The Kier molecular flexibility index (Phi) is 12.8. The second-order valence-corrected chi connectivity index (χ2v) is 6.46. The summed E-state index contributed by atoms with van der Waals surface area (Å²) >= 11 is 0. The van der Waals surface area contributed by atoms with Gasteiger partial charge in [-0.25, -0.2) is 19.2 Å². The van der Waals surface area contributed by atoms with E-state index in [9.17, 15) is 9.59 Å². The highest BCUT2D eigenvalue weighted by Gasteiger charge is 2.35. The molecule has 0 fully saturated rings. The zero-order chi connectivity index (χ0) is 21.0. The number of hydrogen-bond acceptors (Lipinski definition) is 9. The van der Waals surface area contributed by atoms with Crippen LogP contribution in [0.15, 0.2) is 11.6 Å². The van der Waals surface area contributed by atoms with Crippen molar-refractivity contribution in [3.63, 3.8) is 0 Å². The van der Waals surface area contributed by atoms with Gasteiger partial charge in [-0.1, -0.05) is 13.8 Å². The third kappa shape index (κ3) is 9.78. The summed E-state index contributed by atoms with van der Waals surface area (Å²) in [4.78, 5) is 23.4. The molecule has 0 saturated heterocycles. The number of nitrogens with two attached hydrogens (primary N) is 1. The monoisotopic (exact) mass is 410 g/mol. The van der Waals surface area contributed by atoms with E-state index >= 15 is 0 Å². The van der Waals surface area contributed by atoms with Crippen molar-refractivity contribution in [2.24, 2.45) is 5.73 Å². The van der Waals surface area contributed by atoms with Crippen LogP contribution < -0.4 is 11.1 Å². The van der Waals surface area contributed by atoms with Crippen molar-refractivity contribution in [2.75, 3.05) is 6.61 Å². The molecule has 1 aliphatic carbocycles. The predicted molar refractivity (Wildman–Crippen MR) is 98.3 cm³/mol. The van der Waals surface area contributed by atoms with Gasteiger partial charge in [0.2, 0.25) is 5.91 Å². The zero-order valence-electron chi connectivity index (χ0n) is 16.0. The fourth-order valence-corrected chi connectivity index (χ4v) is 2.62. The molecule has 11 heteroatoms. The average Bonchev–Trinajstić information content (AvgIpc) is 2.62. The molecule has 0 saturated carbocycles. The summed E-state index contributed by atoms with van der Waals surface area (Å²) in [5.41, 5.74) is 6.68. The van der Waals surface area contributed by atoms with Gasteiger partial charge in [0, 0.05) is 20.0 Å². The van der Waals surface area contributed by atoms with E-state index in [0.717, 1.165) is 12.8 Å². The Morgan fingerprint density at radius 1 is 1.37 bits per heavy atom. The van der Waals surface area contributed by atoms with E-state index in [1.165, 1.54) is 6.92 Å². The molecule has 1 unspecified atom stereocenters. The molecule has 10 nitrogen and oxygen atoms in total. The van der Waals surface area contributed by atoms with Crippen molar-refractivity contribution < 1.29 is 39.6 Å². The Morgan fingerprint density at radius 3 is 2.33 bits per heavy atom. The van der Waals surface area contributed by atoms with Gasteiger partial charge in [0.15, 0.2) is 0 Å². The van der Waals surface area contributed by atoms with Gasteiger partial charge in [-0.05, 0) is 32.3 Å². The van der Waals surface area contributed by atoms with E-state index in [1.54, 1.807) is 13.0 Å². The lowest BCUT2D eigenvalue weighted by atomic mass is 9.88. The number of esters is 1. The summed E-state index contributed by atoms with van der Waals surface area (Å²) in [5.74, 6) is -0.524. The lowest BCUT2D eigenvalue weighted by Gasteiger charge is -2.36. The van der Waals surface area contributed by atoms with Crippen LogP contribution in [0.4, 0.5) is 0 Å². The van der Waals surface area contributed by atoms with Gasteiger partial charge in [-0.3, -0.25) is 4.79 Å². The predicted octanol–water partition coefficient (Wildman–Crippen LogP) is 2.10. The molecule has 1 aliphatic rings. The maximum atomic E-state index is 12.0. The summed E-state index contributed by atoms with van der Waals surface area (Å²) in [7, 11) is -3.04. The van der Waals surface area contributed by atoms with Crippen LogP contribution in [0, 0.1) is 0 Å². The van der Waals surface area contributed by atoms with Crippen LogP contribution in [0.2, 0.25) is 0 Å². The molecule has 0 heterocycles. The van der Waals surface area contributed by atoms with Crippen LogP contribution in [0.1, 0.15) is 48.4 Å². The Morgan fingerprint density at radius 2 is 1.93 bits per heavy atom. The minimum atomic E-state index is -3.04. The fraction of sp³-hybridized carbons (Fsp3) is 0.750. The standard InChI is InChI=1S/C16H28N2O4.HO4P.H2/c1-5-12(6-2)22-14-9-11(16(20)21-7-3)8-13(17)15(14)18-10(4)19;1-4-5(2)3;/h9,12-15H,5-8,17H2,1-4H3,(H,18,19);1H;1H/t13-,14?,15+;;/m0../s1. The van der Waals surface area contributed by atoms with Crippen LogP contribution in [0.5, 0.6) is 0 Å². The topological polar surface area (TPSA) is 154 Å². The summed E-state index contributed by atoms with van der Waals surface area (Å²) < 4.78 is 31.7. The third-order valence-electron chi connectivity index (χ3n) is 3.87. The number of carbonyl (C=O) groups excluding carboxylic acids is 2. The first-order chi connectivity index (χ1) is 12.7. The van der Waals surface area contributed by atoms with E-state index in [-0.39, 0.29) is 31.5 Å². The first kappa shape index (κ1) is 25.4. The number of ether oxygens (including phenoxy) is 2. The molecule has 0 bridgehead atoms. The Hall–Kier alpha value is -1.58. The summed E-state index contributed by atoms with van der Waals surface area (Å²) in [5, 5.41) is 9.89. The second kappa shape index (κ2) is 13.6. The van der Waals surface area contributed by atoms with Gasteiger partial charge in [-0.15, -0.1) is 4.67 Å². The van der Waals surface area contributed by atoms with E-state index in [2.05, 4.69) is 9.99 Å². The first-order valence-electron chi connectivity index (χ1n) is 8.71. The normalized spacial score (nSPS) is 21.6. The highest BCUT2D eigenvalue weighted by molar-refractivity contribution is 7.24. The number of nitrogens with one attached hydrogen (secondary N) is 1. The van der Waals surface area contributed by atoms with Gasteiger partial charge in [-0.2, -0.15) is 0 Å². The first-order valence-corrected chi connectivity index (χ1v) is 9.81. The highest BCUT2D eigenvalue weighted by Crippen LogP contribution is 2.24. The van der Waals surface area contributed by atoms with E-state index in [0.29, 0.717) is 18.6 Å². The quantitative estimate of drug-likeness (QED) is 0.236. The van der Waals surface area contributed by atoms with Crippen LogP contribution in [0.3, 0.4) is 0 Å². The number of amides is 1. The third-order valence-corrected chi connectivity index (χ3v) is 4.00. The molecule has 0 radical (unpaired) electrons. The van der Waals surface area contributed by atoms with Crippen LogP contribution >= 0.6 is 7.91 Å². The van der Waals surface area contributed by atoms with Crippen molar-refractivity contribution in [2.45, 2.75) is 71.2 Å². The van der Waals surface area contributed by atoms with Crippen LogP contribution in [-0.2, 0) is 32.9 Å². The molecule has 0 aromatic heterocycles. The molecule has 4 N–H and O–H groups in total. The van der Waals surface area contributed by atoms with Crippen molar-refractivity contribution in [3.05, 3.63) is 11.6 Å². The van der Waals surface area contributed by atoms with Gasteiger partial charge >= 0.3 is 13.9 Å². The molecule has 0 aromatic carbocycles. The summed E-state index contributed by atoms with van der Waals surface area (Å²) in [6, 6.07) is -0.719. The fourth-order valence-electron chi connectivity index (χ4n) is 2.62. The largest absolute Gasteiger partial charge is 0.496 e. The maximum Gasteiger partial charge on any atom is 0.496 e. The molecule has 1 amide bonds. The van der Waals surface area contributed by atoms with Gasteiger partial charge < -0.3 is 20.5 Å². The van der Waals surface area contributed by atoms with E-state index in [4.69, 9.17) is 29.6 Å². The molecular formula is C16H31N2O8P. The Bertz CT molecular complexity index is 573. The summed E-state index contributed by atoms with van der Waals surface area (Å²) in [6.07, 6.45) is 3.48. The molecule has 0 aromatic rings. The zero-order valence-corrected chi connectivity index (χ0v) is 16.9. The van der Waals surface area contributed by atoms with Crippen LogP contribution in [-0.4, -0.2) is 48.0 Å². The van der Waals surface area contributed by atoms with Gasteiger partial charge in [0.1, 0.15) is 0 Å². The average molecular weight is 410 g/mol. The lowest BCUT2D eigenvalue weighted by molar-refractivity contribution is -0.139.